The number of rotatable bonds is 6. The van der Waals surface area contributed by atoms with Crippen LogP contribution in [0.1, 0.15) is 31.4 Å². The minimum absolute atomic E-state index is 0. The highest BCUT2D eigenvalue weighted by atomic mass is 35.5. The summed E-state index contributed by atoms with van der Waals surface area (Å²) >= 11 is 0. The summed E-state index contributed by atoms with van der Waals surface area (Å²) < 4.78 is 0. The van der Waals surface area contributed by atoms with E-state index in [-0.39, 0.29) is 24.4 Å². The van der Waals surface area contributed by atoms with Gasteiger partial charge in [0.2, 0.25) is 5.91 Å². The van der Waals surface area contributed by atoms with Gasteiger partial charge in [0.05, 0.1) is 12.6 Å². The Labute approximate surface area is 115 Å². The molecule has 1 aromatic carbocycles. The van der Waals surface area contributed by atoms with Gasteiger partial charge >= 0.3 is 0 Å². The van der Waals surface area contributed by atoms with Crippen molar-refractivity contribution in [1.29, 1.82) is 0 Å². The lowest BCUT2D eigenvalue weighted by atomic mass is 10.1. The second-order valence-electron chi connectivity index (χ2n) is 4.77. The number of benzene rings is 1. The lowest BCUT2D eigenvalue weighted by molar-refractivity contribution is -0.120. The number of hydrogen-bond acceptors (Lipinski definition) is 2. The highest BCUT2D eigenvalue weighted by Gasteiger charge is 2.20. The smallest absolute Gasteiger partial charge is 0.234 e. The van der Waals surface area contributed by atoms with E-state index in [4.69, 9.17) is 0 Å². The van der Waals surface area contributed by atoms with Crippen molar-refractivity contribution < 1.29 is 4.79 Å². The van der Waals surface area contributed by atoms with Crippen LogP contribution in [0.25, 0.3) is 0 Å². The van der Waals surface area contributed by atoms with Crippen LogP contribution in [0.15, 0.2) is 30.3 Å². The van der Waals surface area contributed by atoms with Crippen molar-refractivity contribution in [3.63, 3.8) is 0 Å². The van der Waals surface area contributed by atoms with Gasteiger partial charge in [0.15, 0.2) is 0 Å². The van der Waals surface area contributed by atoms with Crippen LogP contribution in [-0.2, 0) is 4.79 Å². The van der Waals surface area contributed by atoms with E-state index in [1.807, 2.05) is 37.3 Å². The fourth-order valence-electron chi connectivity index (χ4n) is 1.83. The number of carbonyl (C=O) groups is 1. The quantitative estimate of drug-likeness (QED) is 0.831. The van der Waals surface area contributed by atoms with E-state index in [0.717, 1.165) is 18.0 Å². The molecule has 0 saturated heterocycles. The Morgan fingerprint density at radius 2 is 2.00 bits per heavy atom. The van der Waals surface area contributed by atoms with Crippen LogP contribution in [-0.4, -0.2) is 19.0 Å². The topological polar surface area (TPSA) is 41.1 Å². The third-order valence-corrected chi connectivity index (χ3v) is 3.09. The summed E-state index contributed by atoms with van der Waals surface area (Å²) in [5, 5.41) is 6.18. The maximum atomic E-state index is 11.7. The third kappa shape index (κ3) is 5.07. The first-order chi connectivity index (χ1) is 8.25. The van der Waals surface area contributed by atoms with Crippen molar-refractivity contribution >= 4 is 18.3 Å². The van der Waals surface area contributed by atoms with Gasteiger partial charge in [0, 0.05) is 0 Å². The van der Waals surface area contributed by atoms with E-state index in [2.05, 4.69) is 10.6 Å². The predicted octanol–water partition coefficient (Wildman–Crippen LogP) is 2.29. The van der Waals surface area contributed by atoms with E-state index in [1.54, 1.807) is 0 Å². The molecule has 1 saturated carbocycles. The molecule has 1 fully saturated rings. The van der Waals surface area contributed by atoms with Gasteiger partial charge in [0.1, 0.15) is 0 Å². The van der Waals surface area contributed by atoms with E-state index < -0.39 is 0 Å². The molecule has 1 atom stereocenters. The van der Waals surface area contributed by atoms with Gasteiger partial charge in [-0.3, -0.25) is 4.79 Å². The van der Waals surface area contributed by atoms with Crippen LogP contribution in [0.2, 0.25) is 0 Å². The Bertz CT molecular complexity index is 365. The molecule has 3 nitrogen and oxygen atoms in total. The molecule has 0 spiro atoms. The molecule has 2 N–H and O–H groups in total. The fraction of sp³-hybridized carbons (Fsp3) is 0.500. The van der Waals surface area contributed by atoms with Crippen LogP contribution in [0.5, 0.6) is 0 Å². The zero-order valence-electron chi connectivity index (χ0n) is 10.7. The summed E-state index contributed by atoms with van der Waals surface area (Å²) in [6, 6.07) is 10.1. The highest BCUT2D eigenvalue weighted by molar-refractivity contribution is 5.85. The molecule has 2 rings (SSSR count). The number of nitrogens with one attached hydrogen (secondary N) is 2. The maximum absolute atomic E-state index is 11.7. The predicted molar refractivity (Wildman–Crippen MR) is 75.8 cm³/mol. The summed E-state index contributed by atoms with van der Waals surface area (Å²) in [6.07, 6.45) is 2.63. The first-order valence-corrected chi connectivity index (χ1v) is 6.30. The van der Waals surface area contributed by atoms with E-state index in [1.165, 1.54) is 12.8 Å². The average molecular weight is 269 g/mol. The third-order valence-electron chi connectivity index (χ3n) is 3.09. The number of hydrogen-bond donors (Lipinski definition) is 2. The van der Waals surface area contributed by atoms with Crippen molar-refractivity contribution in [2.45, 2.75) is 25.8 Å². The molecule has 0 heterocycles. The fourth-order valence-corrected chi connectivity index (χ4v) is 1.83. The molecule has 0 aliphatic heterocycles. The van der Waals surface area contributed by atoms with E-state index in [9.17, 15) is 4.79 Å². The minimum atomic E-state index is 0. The molecule has 0 radical (unpaired) electrons. The molecular weight excluding hydrogens is 248 g/mol. The molecule has 1 aliphatic carbocycles. The first kappa shape index (κ1) is 15.0. The number of carbonyl (C=O) groups excluding carboxylic acids is 1. The molecule has 0 unspecified atom stereocenters. The van der Waals surface area contributed by atoms with Crippen molar-refractivity contribution in [3.8, 4) is 0 Å². The van der Waals surface area contributed by atoms with Gasteiger partial charge in [-0.2, -0.15) is 0 Å². The lowest BCUT2D eigenvalue weighted by Crippen LogP contribution is -2.36. The minimum Gasteiger partial charge on any atom is -0.348 e. The Hall–Kier alpha value is -1.06. The zero-order chi connectivity index (χ0) is 12.1. The van der Waals surface area contributed by atoms with Crippen LogP contribution in [0, 0.1) is 5.92 Å². The largest absolute Gasteiger partial charge is 0.348 e. The van der Waals surface area contributed by atoms with Crippen molar-refractivity contribution in [3.05, 3.63) is 35.9 Å². The molecule has 0 bridgehead atoms. The highest BCUT2D eigenvalue weighted by Crippen LogP contribution is 2.27. The lowest BCUT2D eigenvalue weighted by Gasteiger charge is -2.14. The Morgan fingerprint density at radius 1 is 1.33 bits per heavy atom. The van der Waals surface area contributed by atoms with Gasteiger partial charge in [-0.25, -0.2) is 0 Å². The standard InChI is InChI=1S/C14H20N2O.ClH/c1-11(13-5-3-2-4-6-13)16-14(17)10-15-9-12-7-8-12;/h2-6,11-12,15H,7-10H2,1H3,(H,16,17);1H/t11-;/m1./s1. The molecule has 100 valence electrons. The molecule has 1 aliphatic rings. The second-order valence-corrected chi connectivity index (χ2v) is 4.77. The summed E-state index contributed by atoms with van der Waals surface area (Å²) in [5.41, 5.74) is 1.14. The van der Waals surface area contributed by atoms with Gasteiger partial charge in [-0.1, -0.05) is 30.3 Å². The zero-order valence-corrected chi connectivity index (χ0v) is 11.5. The van der Waals surface area contributed by atoms with Crippen LogP contribution in [0.4, 0.5) is 0 Å². The average Bonchev–Trinajstić information content (AvgIpc) is 3.14. The molecule has 1 amide bonds. The van der Waals surface area contributed by atoms with Crippen LogP contribution >= 0.6 is 12.4 Å². The van der Waals surface area contributed by atoms with Crippen LogP contribution < -0.4 is 10.6 Å². The summed E-state index contributed by atoms with van der Waals surface area (Å²) in [6.45, 7) is 3.41. The first-order valence-electron chi connectivity index (χ1n) is 6.30. The summed E-state index contributed by atoms with van der Waals surface area (Å²) in [5.74, 6) is 0.886. The van der Waals surface area contributed by atoms with Gasteiger partial charge < -0.3 is 10.6 Å². The second kappa shape index (κ2) is 7.39. The van der Waals surface area contributed by atoms with Crippen molar-refractivity contribution in [2.24, 2.45) is 5.92 Å². The Morgan fingerprint density at radius 3 is 2.61 bits per heavy atom. The molecule has 0 aromatic heterocycles. The number of amides is 1. The summed E-state index contributed by atoms with van der Waals surface area (Å²) in [7, 11) is 0. The molecule has 4 heteroatoms. The maximum Gasteiger partial charge on any atom is 0.234 e. The molecule has 1 aromatic rings. The van der Waals surface area contributed by atoms with Crippen LogP contribution in [0.3, 0.4) is 0 Å². The van der Waals surface area contributed by atoms with Gasteiger partial charge in [-0.15, -0.1) is 12.4 Å². The monoisotopic (exact) mass is 268 g/mol. The molecule has 18 heavy (non-hydrogen) atoms. The van der Waals surface area contributed by atoms with Gasteiger partial charge in [-0.05, 0) is 37.8 Å². The molecular formula is C14H21ClN2O. The Balaban J connectivity index is 0.00000162. The van der Waals surface area contributed by atoms with Crippen molar-refractivity contribution in [2.75, 3.05) is 13.1 Å². The normalized spacial score (nSPS) is 15.6. The Kier molecular flexibility index (Phi) is 6.16. The SMILES string of the molecule is C[C@@H](NC(=O)CNCC1CC1)c1ccccc1.Cl. The van der Waals surface area contributed by atoms with E-state index in [0.29, 0.717) is 6.54 Å². The number of halogens is 1. The van der Waals surface area contributed by atoms with Crippen molar-refractivity contribution in [1.82, 2.24) is 10.6 Å². The summed E-state index contributed by atoms with van der Waals surface area (Å²) in [4.78, 5) is 11.7. The van der Waals surface area contributed by atoms with Gasteiger partial charge in [0.25, 0.3) is 0 Å². The van der Waals surface area contributed by atoms with E-state index >= 15 is 0 Å².